The molecule has 3 nitrogen and oxygen atoms in total. The molecular weight excluding hydrogens is 495 g/mol. The summed E-state index contributed by atoms with van der Waals surface area (Å²) in [5.41, 5.74) is 6.03. The summed E-state index contributed by atoms with van der Waals surface area (Å²) in [4.78, 5) is 7.76. The summed E-state index contributed by atoms with van der Waals surface area (Å²) >= 11 is 3.84. The van der Waals surface area contributed by atoms with E-state index < -0.39 is 13.3 Å². The molecule has 2 aromatic heterocycles. The van der Waals surface area contributed by atoms with E-state index >= 15 is 0 Å². The maximum Gasteiger partial charge on any atom is 0.123 e. The molecule has 0 aliphatic rings. The lowest BCUT2D eigenvalue weighted by Gasteiger charge is -2.41. The minimum Gasteiger partial charge on any atom is -0.369 e. The first kappa shape index (κ1) is 23.6. The van der Waals surface area contributed by atoms with Crippen LogP contribution < -0.4 is 0 Å². The van der Waals surface area contributed by atoms with E-state index in [1.165, 1.54) is 12.1 Å². The van der Waals surface area contributed by atoms with Crippen molar-refractivity contribution in [1.82, 2.24) is 9.97 Å². The van der Waals surface area contributed by atoms with Gasteiger partial charge in [-0.15, -0.1) is 0 Å². The first-order valence-corrected chi connectivity index (χ1v) is 15.3. The molecule has 2 heterocycles. The second kappa shape index (κ2) is 9.37. The fourth-order valence-corrected chi connectivity index (χ4v) is 6.12. The number of benzene rings is 2. The quantitative estimate of drug-likeness (QED) is 0.250. The number of hydrogen-bond acceptors (Lipinski definition) is 2. The zero-order valence-electron chi connectivity index (χ0n) is 19.3. The Morgan fingerprint density at radius 1 is 0.909 bits per heavy atom. The maximum absolute atomic E-state index is 13.6. The molecule has 4 rings (SSSR count). The molecule has 1 atom stereocenters. The summed E-state index contributed by atoms with van der Waals surface area (Å²) < 4.78 is 21.4. The van der Waals surface area contributed by atoms with Crippen molar-refractivity contribution in [3.63, 3.8) is 0 Å². The molecule has 1 N–H and O–H groups in total. The van der Waals surface area contributed by atoms with Gasteiger partial charge in [0.25, 0.3) is 0 Å². The number of nitrogens with zero attached hydrogens (tertiary/aromatic N) is 1. The van der Waals surface area contributed by atoms with Gasteiger partial charge >= 0.3 is 0 Å². The van der Waals surface area contributed by atoms with Crippen LogP contribution in [-0.2, 0) is 16.6 Å². The number of rotatable bonds is 7. The predicted molar refractivity (Wildman–Crippen MR) is 139 cm³/mol. The lowest BCUT2D eigenvalue weighted by Crippen LogP contribution is -2.49. The van der Waals surface area contributed by atoms with Crippen molar-refractivity contribution in [3.8, 4) is 22.5 Å². The van der Waals surface area contributed by atoms with Crippen LogP contribution in [0.3, 0.4) is 0 Å². The fourth-order valence-electron chi connectivity index (χ4n) is 3.94. The Balaban J connectivity index is 1.79. The normalized spacial score (nSPS) is 13.6. The molecule has 0 amide bonds. The van der Waals surface area contributed by atoms with Crippen molar-refractivity contribution >= 4 is 24.0 Å². The monoisotopic (exact) mass is 522 g/mol. The van der Waals surface area contributed by atoms with Crippen LogP contribution >= 0.6 is 15.9 Å². The molecule has 0 spiro atoms. The number of hydrogen-bond donors (Lipinski definition) is 1. The van der Waals surface area contributed by atoms with E-state index in [0.29, 0.717) is 6.61 Å². The van der Waals surface area contributed by atoms with Crippen molar-refractivity contribution < 1.29 is 9.13 Å². The molecule has 0 saturated heterocycles. The molecule has 4 aromatic rings. The van der Waals surface area contributed by atoms with Gasteiger partial charge in [-0.3, -0.25) is 4.98 Å². The smallest absolute Gasteiger partial charge is 0.123 e. The van der Waals surface area contributed by atoms with Gasteiger partial charge in [-0.25, -0.2) is 4.39 Å². The van der Waals surface area contributed by atoms with Crippen molar-refractivity contribution in [3.05, 3.63) is 101 Å². The third kappa shape index (κ3) is 4.74. The minimum absolute atomic E-state index is 0.255. The Hall–Kier alpha value is -2.54. The fraction of sp³-hybridized carbons (Fsp3) is 0.222. The summed E-state index contributed by atoms with van der Waals surface area (Å²) in [5, 5.41) is -0.417. The van der Waals surface area contributed by atoms with Gasteiger partial charge in [0.2, 0.25) is 0 Å². The zero-order valence-corrected chi connectivity index (χ0v) is 21.9. The molecule has 6 heteroatoms. The number of pyridine rings is 1. The van der Waals surface area contributed by atoms with Gasteiger partial charge in [-0.05, 0) is 75.9 Å². The van der Waals surface area contributed by atoms with E-state index in [2.05, 4.69) is 64.6 Å². The summed E-state index contributed by atoms with van der Waals surface area (Å²) in [7, 11) is -1.81. The Morgan fingerprint density at radius 3 is 2.12 bits per heavy atom. The van der Waals surface area contributed by atoms with Gasteiger partial charge in [0.1, 0.15) is 5.82 Å². The van der Waals surface area contributed by atoms with E-state index in [-0.39, 0.29) is 5.82 Å². The molecule has 0 radical (unpaired) electrons. The third-order valence-electron chi connectivity index (χ3n) is 6.40. The standard InChI is InChI=1S/C27H28BrFN2OSi/c1-27(33(2,3)4,21-14-16-30-17-15-21)32-18-23-24(28)26(19-8-6-5-7-9-19)31-25(23)20-10-12-22(29)13-11-20/h5-17,31H,18H2,1-4H3. The van der Waals surface area contributed by atoms with Gasteiger partial charge in [-0.1, -0.05) is 50.0 Å². The number of ether oxygens (including phenoxy) is 1. The van der Waals surface area contributed by atoms with Crippen LogP contribution in [0.1, 0.15) is 18.1 Å². The SMILES string of the molecule is CC(OCc1c(-c2ccc(F)cc2)[nH]c(-c2ccccc2)c1Br)(c1ccncc1)[Si](C)(C)C. The highest BCUT2D eigenvalue weighted by molar-refractivity contribution is 9.10. The lowest BCUT2D eigenvalue weighted by atomic mass is 10.1. The van der Waals surface area contributed by atoms with Crippen molar-refractivity contribution in [1.29, 1.82) is 0 Å². The van der Waals surface area contributed by atoms with Crippen LogP contribution in [0.15, 0.2) is 83.6 Å². The molecule has 33 heavy (non-hydrogen) atoms. The molecule has 2 aromatic carbocycles. The molecule has 1 unspecified atom stereocenters. The van der Waals surface area contributed by atoms with Crippen LogP contribution in [0.25, 0.3) is 22.5 Å². The predicted octanol–water partition coefficient (Wildman–Crippen LogP) is 7.95. The number of nitrogens with one attached hydrogen (secondary N) is 1. The second-order valence-corrected chi connectivity index (χ2v) is 15.6. The molecule has 170 valence electrons. The van der Waals surface area contributed by atoms with Crippen molar-refractivity contribution in [2.75, 3.05) is 0 Å². The van der Waals surface area contributed by atoms with Crippen LogP contribution in [0.2, 0.25) is 19.6 Å². The van der Waals surface area contributed by atoms with E-state index in [1.54, 1.807) is 12.1 Å². The molecule has 0 bridgehead atoms. The molecular formula is C27H28BrFN2OSi. The molecule has 0 fully saturated rings. The average Bonchev–Trinajstić information content (AvgIpc) is 3.14. The molecule has 0 saturated carbocycles. The van der Waals surface area contributed by atoms with Crippen LogP contribution in [-0.4, -0.2) is 18.0 Å². The van der Waals surface area contributed by atoms with Gasteiger partial charge in [-0.2, -0.15) is 0 Å². The van der Waals surface area contributed by atoms with E-state index in [4.69, 9.17) is 4.74 Å². The summed E-state index contributed by atoms with van der Waals surface area (Å²) in [5.74, 6) is -0.255. The number of H-pyrrole nitrogens is 1. The average molecular weight is 524 g/mol. The Bertz CT molecular complexity index is 1220. The number of halogens is 2. The van der Waals surface area contributed by atoms with Gasteiger partial charge in [0, 0.05) is 22.4 Å². The Labute approximate surface area is 204 Å². The zero-order chi connectivity index (χ0) is 23.6. The minimum atomic E-state index is -1.81. The number of aromatic amines is 1. The summed E-state index contributed by atoms with van der Waals surface area (Å²) in [6.45, 7) is 9.53. The van der Waals surface area contributed by atoms with E-state index in [0.717, 1.165) is 38.1 Å². The van der Waals surface area contributed by atoms with Crippen molar-refractivity contribution in [2.24, 2.45) is 0 Å². The van der Waals surface area contributed by atoms with Crippen LogP contribution in [0.4, 0.5) is 4.39 Å². The summed E-state index contributed by atoms with van der Waals surface area (Å²) in [6, 6.07) is 20.8. The summed E-state index contributed by atoms with van der Waals surface area (Å²) in [6.07, 6.45) is 3.64. The Kier molecular flexibility index (Phi) is 6.70. The van der Waals surface area contributed by atoms with Gasteiger partial charge in [0.05, 0.1) is 31.3 Å². The van der Waals surface area contributed by atoms with E-state index in [9.17, 15) is 4.39 Å². The molecule has 0 aliphatic carbocycles. The highest BCUT2D eigenvalue weighted by Crippen LogP contribution is 2.41. The van der Waals surface area contributed by atoms with Crippen LogP contribution in [0.5, 0.6) is 0 Å². The van der Waals surface area contributed by atoms with Gasteiger partial charge in [0.15, 0.2) is 0 Å². The first-order valence-electron chi connectivity index (χ1n) is 11.0. The van der Waals surface area contributed by atoms with Crippen molar-refractivity contribution in [2.45, 2.75) is 38.4 Å². The highest BCUT2D eigenvalue weighted by atomic mass is 79.9. The van der Waals surface area contributed by atoms with E-state index in [1.807, 2.05) is 42.7 Å². The second-order valence-electron chi connectivity index (χ2n) is 9.35. The lowest BCUT2D eigenvalue weighted by molar-refractivity contribution is 0.00755. The maximum atomic E-state index is 13.6. The van der Waals surface area contributed by atoms with Gasteiger partial charge < -0.3 is 9.72 Å². The van der Waals surface area contributed by atoms with Crippen LogP contribution in [0, 0.1) is 5.82 Å². The Morgan fingerprint density at radius 2 is 1.52 bits per heavy atom. The third-order valence-corrected chi connectivity index (χ3v) is 10.6. The topological polar surface area (TPSA) is 37.9 Å². The number of aromatic nitrogens is 2. The molecule has 0 aliphatic heterocycles. The largest absolute Gasteiger partial charge is 0.369 e. The first-order chi connectivity index (χ1) is 15.7. The highest BCUT2D eigenvalue weighted by Gasteiger charge is 2.42.